The molecule has 1 heterocycles. The molecule has 0 amide bonds. The van der Waals surface area contributed by atoms with E-state index in [0.29, 0.717) is 6.42 Å². The number of halogens is 1. The predicted octanol–water partition coefficient (Wildman–Crippen LogP) is 2.35. The van der Waals surface area contributed by atoms with Crippen molar-refractivity contribution in [1.29, 1.82) is 0 Å². The van der Waals surface area contributed by atoms with E-state index >= 15 is 0 Å². The third-order valence-corrected chi connectivity index (χ3v) is 3.06. The highest BCUT2D eigenvalue weighted by atomic mass is 19.1. The molecular weight excluding hydrogens is 189 g/mol. The first-order valence-electron chi connectivity index (χ1n) is 5.73. The van der Waals surface area contributed by atoms with Gasteiger partial charge >= 0.3 is 0 Å². The lowest BCUT2D eigenvalue weighted by Crippen LogP contribution is -2.10. The minimum absolute atomic E-state index is 0.256. The molecule has 1 nitrogen and oxygen atoms in total. The summed E-state index contributed by atoms with van der Waals surface area (Å²) in [6.45, 7) is 2.02. The van der Waals surface area contributed by atoms with E-state index in [1.165, 1.54) is 12.0 Å². The SMILES string of the molecule is FCCc1cccc(CC2CCNC2)c1. The van der Waals surface area contributed by atoms with Crippen LogP contribution in [0, 0.1) is 5.92 Å². The number of hydrogen-bond donors (Lipinski definition) is 1. The van der Waals surface area contributed by atoms with Crippen LogP contribution >= 0.6 is 0 Å². The van der Waals surface area contributed by atoms with E-state index in [1.807, 2.05) is 12.1 Å². The molecule has 1 aliphatic rings. The molecular formula is C13H18FN. The minimum Gasteiger partial charge on any atom is -0.316 e. The Balaban J connectivity index is 1.97. The van der Waals surface area contributed by atoms with E-state index in [2.05, 4.69) is 17.4 Å². The molecule has 1 aromatic rings. The highest BCUT2D eigenvalue weighted by Crippen LogP contribution is 2.16. The molecule has 0 aliphatic carbocycles. The van der Waals surface area contributed by atoms with Gasteiger partial charge in [-0.05, 0) is 43.0 Å². The Morgan fingerprint density at radius 3 is 2.93 bits per heavy atom. The van der Waals surface area contributed by atoms with Crippen LogP contribution in [-0.2, 0) is 12.8 Å². The van der Waals surface area contributed by atoms with Crippen molar-refractivity contribution >= 4 is 0 Å². The normalized spacial score (nSPS) is 20.7. The maximum absolute atomic E-state index is 12.2. The van der Waals surface area contributed by atoms with E-state index in [-0.39, 0.29) is 6.67 Å². The molecule has 1 fully saturated rings. The van der Waals surface area contributed by atoms with Crippen molar-refractivity contribution in [3.8, 4) is 0 Å². The zero-order valence-electron chi connectivity index (χ0n) is 9.01. The third kappa shape index (κ3) is 3.03. The fourth-order valence-corrected chi connectivity index (χ4v) is 2.24. The molecule has 0 spiro atoms. The smallest absolute Gasteiger partial charge is 0.0934 e. The minimum atomic E-state index is -0.256. The molecule has 2 rings (SSSR count). The van der Waals surface area contributed by atoms with Crippen LogP contribution in [-0.4, -0.2) is 19.8 Å². The summed E-state index contributed by atoms with van der Waals surface area (Å²) >= 11 is 0. The van der Waals surface area contributed by atoms with Gasteiger partial charge in [-0.2, -0.15) is 0 Å². The van der Waals surface area contributed by atoms with Crippen LogP contribution in [0.15, 0.2) is 24.3 Å². The zero-order valence-corrected chi connectivity index (χ0v) is 9.01. The number of benzene rings is 1. The molecule has 0 bridgehead atoms. The van der Waals surface area contributed by atoms with E-state index in [1.54, 1.807) is 0 Å². The molecule has 0 aromatic heterocycles. The Bertz CT molecular complexity index is 305. The fraction of sp³-hybridized carbons (Fsp3) is 0.538. The van der Waals surface area contributed by atoms with Crippen LogP contribution in [0.25, 0.3) is 0 Å². The topological polar surface area (TPSA) is 12.0 Å². The molecule has 1 atom stereocenters. The Morgan fingerprint density at radius 1 is 1.33 bits per heavy atom. The summed E-state index contributed by atoms with van der Waals surface area (Å²) in [7, 11) is 0. The lowest BCUT2D eigenvalue weighted by atomic mass is 9.97. The zero-order chi connectivity index (χ0) is 10.5. The first-order valence-corrected chi connectivity index (χ1v) is 5.73. The summed E-state index contributed by atoms with van der Waals surface area (Å²) < 4.78 is 12.2. The van der Waals surface area contributed by atoms with Crippen molar-refractivity contribution in [2.75, 3.05) is 19.8 Å². The molecule has 1 aromatic carbocycles. The lowest BCUT2D eigenvalue weighted by Gasteiger charge is -2.09. The van der Waals surface area contributed by atoms with E-state index in [0.717, 1.165) is 31.0 Å². The second kappa shape index (κ2) is 5.26. The van der Waals surface area contributed by atoms with Gasteiger partial charge in [0.25, 0.3) is 0 Å². The van der Waals surface area contributed by atoms with Crippen LogP contribution in [0.4, 0.5) is 4.39 Å². The van der Waals surface area contributed by atoms with Crippen molar-refractivity contribution < 1.29 is 4.39 Å². The summed E-state index contributed by atoms with van der Waals surface area (Å²) in [5.74, 6) is 0.769. The molecule has 82 valence electrons. The number of aryl methyl sites for hydroxylation is 1. The third-order valence-electron chi connectivity index (χ3n) is 3.06. The number of rotatable bonds is 4. The Morgan fingerprint density at radius 2 is 2.20 bits per heavy atom. The lowest BCUT2D eigenvalue weighted by molar-refractivity contribution is 0.495. The average Bonchev–Trinajstić information content (AvgIpc) is 2.71. The molecule has 2 heteroatoms. The van der Waals surface area contributed by atoms with Crippen molar-refractivity contribution in [3.63, 3.8) is 0 Å². The number of nitrogens with one attached hydrogen (secondary N) is 1. The Kier molecular flexibility index (Phi) is 3.73. The van der Waals surface area contributed by atoms with Gasteiger partial charge < -0.3 is 5.32 Å². The first kappa shape index (κ1) is 10.6. The van der Waals surface area contributed by atoms with E-state index in [9.17, 15) is 4.39 Å². The van der Waals surface area contributed by atoms with Crippen LogP contribution in [0.1, 0.15) is 17.5 Å². The van der Waals surface area contributed by atoms with E-state index < -0.39 is 0 Å². The maximum atomic E-state index is 12.2. The summed E-state index contributed by atoms with van der Waals surface area (Å²) in [5.41, 5.74) is 2.48. The van der Waals surface area contributed by atoms with Gasteiger partial charge in [-0.15, -0.1) is 0 Å². The van der Waals surface area contributed by atoms with Gasteiger partial charge in [-0.3, -0.25) is 4.39 Å². The summed E-state index contributed by atoms with van der Waals surface area (Å²) in [6, 6.07) is 8.36. The largest absolute Gasteiger partial charge is 0.316 e. The quantitative estimate of drug-likeness (QED) is 0.799. The number of hydrogen-bond acceptors (Lipinski definition) is 1. The molecule has 15 heavy (non-hydrogen) atoms. The second-order valence-electron chi connectivity index (χ2n) is 4.32. The second-order valence-corrected chi connectivity index (χ2v) is 4.32. The van der Waals surface area contributed by atoms with E-state index in [4.69, 9.17) is 0 Å². The average molecular weight is 207 g/mol. The van der Waals surface area contributed by atoms with Crippen molar-refractivity contribution in [2.45, 2.75) is 19.3 Å². The molecule has 1 aliphatic heterocycles. The van der Waals surface area contributed by atoms with Crippen LogP contribution in [0.5, 0.6) is 0 Å². The summed E-state index contributed by atoms with van der Waals surface area (Å²) in [6.07, 6.45) is 2.96. The van der Waals surface area contributed by atoms with Gasteiger partial charge in [-0.1, -0.05) is 24.3 Å². The standard InChI is InChI=1S/C13H18FN/c14-6-4-11-2-1-3-12(8-11)9-13-5-7-15-10-13/h1-3,8,13,15H,4-7,9-10H2. The van der Waals surface area contributed by atoms with Crippen LogP contribution in [0.2, 0.25) is 0 Å². The highest BCUT2D eigenvalue weighted by molar-refractivity contribution is 5.24. The van der Waals surface area contributed by atoms with Gasteiger partial charge in [0, 0.05) is 6.42 Å². The first-order chi connectivity index (χ1) is 7.38. The predicted molar refractivity (Wildman–Crippen MR) is 60.8 cm³/mol. The van der Waals surface area contributed by atoms with Crippen molar-refractivity contribution in [1.82, 2.24) is 5.32 Å². The van der Waals surface area contributed by atoms with Gasteiger partial charge in [0.15, 0.2) is 0 Å². The maximum Gasteiger partial charge on any atom is 0.0934 e. The van der Waals surface area contributed by atoms with Crippen molar-refractivity contribution in [3.05, 3.63) is 35.4 Å². The Hall–Kier alpha value is -0.890. The molecule has 0 radical (unpaired) electrons. The Labute approximate surface area is 90.7 Å². The van der Waals surface area contributed by atoms with Gasteiger partial charge in [0.2, 0.25) is 0 Å². The van der Waals surface area contributed by atoms with Gasteiger partial charge in [0.05, 0.1) is 6.67 Å². The summed E-state index contributed by atoms with van der Waals surface area (Å²) in [5, 5.41) is 3.37. The molecule has 1 unspecified atom stereocenters. The van der Waals surface area contributed by atoms with Gasteiger partial charge in [0.1, 0.15) is 0 Å². The highest BCUT2D eigenvalue weighted by Gasteiger charge is 2.14. The van der Waals surface area contributed by atoms with Crippen molar-refractivity contribution in [2.24, 2.45) is 5.92 Å². The van der Waals surface area contributed by atoms with Gasteiger partial charge in [-0.25, -0.2) is 0 Å². The van der Waals surface area contributed by atoms with Crippen LogP contribution in [0.3, 0.4) is 0 Å². The summed E-state index contributed by atoms with van der Waals surface area (Å²) in [4.78, 5) is 0. The fourth-order valence-electron chi connectivity index (χ4n) is 2.24. The van der Waals surface area contributed by atoms with Crippen LogP contribution < -0.4 is 5.32 Å². The monoisotopic (exact) mass is 207 g/mol. The molecule has 0 saturated carbocycles. The molecule has 1 N–H and O–H groups in total. The number of alkyl halides is 1. The molecule has 1 saturated heterocycles.